The van der Waals surface area contributed by atoms with Crippen molar-refractivity contribution in [2.24, 2.45) is 4.99 Å². The highest BCUT2D eigenvalue weighted by Gasteiger charge is 2.07. The van der Waals surface area contributed by atoms with Gasteiger partial charge in [0.15, 0.2) is 5.96 Å². The first kappa shape index (κ1) is 17.8. The van der Waals surface area contributed by atoms with Gasteiger partial charge in [0.1, 0.15) is 0 Å². The first-order valence-electron chi connectivity index (χ1n) is 8.12. The van der Waals surface area contributed by atoms with Gasteiger partial charge < -0.3 is 15.4 Å². The molecule has 0 saturated heterocycles. The van der Waals surface area contributed by atoms with Crippen LogP contribution < -0.4 is 15.4 Å². The Hall–Kier alpha value is -2.56. The van der Waals surface area contributed by atoms with Gasteiger partial charge in [-0.3, -0.25) is 4.99 Å². The van der Waals surface area contributed by atoms with Gasteiger partial charge >= 0.3 is 0 Å². The Balaban J connectivity index is 1.83. The molecule has 0 aliphatic carbocycles. The zero-order valence-corrected chi connectivity index (χ0v) is 14.8. The van der Waals surface area contributed by atoms with Gasteiger partial charge in [-0.05, 0) is 24.0 Å². The fourth-order valence-corrected chi connectivity index (χ4v) is 2.39. The van der Waals surface area contributed by atoms with Crippen molar-refractivity contribution < 1.29 is 4.74 Å². The van der Waals surface area contributed by atoms with Crippen LogP contribution in [0.15, 0.2) is 47.6 Å². The van der Waals surface area contributed by atoms with Crippen molar-refractivity contribution in [1.29, 1.82) is 0 Å². The molecule has 0 spiro atoms. The molecule has 0 saturated carbocycles. The summed E-state index contributed by atoms with van der Waals surface area (Å²) in [5, 5.41) is 6.67. The highest BCUT2D eigenvalue weighted by Crippen LogP contribution is 2.15. The molecule has 1 aromatic heterocycles. The largest absolute Gasteiger partial charge is 0.481 e. The standard InChI is InChI=1S/C19H26N4O/c1-14-6-5-7-17(10-14)15(2)11-22-19(20-3)23-13-16-8-9-18(24-4)21-12-16/h5-10,12,15H,11,13H2,1-4H3,(H2,20,22,23). The number of pyridine rings is 1. The third-order valence-electron chi connectivity index (χ3n) is 3.88. The van der Waals surface area contributed by atoms with E-state index in [1.54, 1.807) is 20.4 Å². The maximum atomic E-state index is 5.06. The second kappa shape index (κ2) is 8.91. The van der Waals surface area contributed by atoms with Gasteiger partial charge in [-0.2, -0.15) is 0 Å². The zero-order chi connectivity index (χ0) is 17.4. The third kappa shape index (κ3) is 5.26. The van der Waals surface area contributed by atoms with Crippen LogP contribution in [0.25, 0.3) is 0 Å². The Bertz CT molecular complexity index is 667. The Kier molecular flexibility index (Phi) is 6.61. The van der Waals surface area contributed by atoms with Gasteiger partial charge in [-0.15, -0.1) is 0 Å². The highest BCUT2D eigenvalue weighted by atomic mass is 16.5. The molecule has 5 heteroatoms. The van der Waals surface area contributed by atoms with Crippen LogP contribution in [0, 0.1) is 6.92 Å². The van der Waals surface area contributed by atoms with E-state index < -0.39 is 0 Å². The minimum Gasteiger partial charge on any atom is -0.481 e. The van der Waals surface area contributed by atoms with Crippen molar-refractivity contribution in [1.82, 2.24) is 15.6 Å². The molecule has 2 aromatic rings. The molecule has 0 bridgehead atoms. The molecule has 0 aliphatic heterocycles. The molecular weight excluding hydrogens is 300 g/mol. The average Bonchev–Trinajstić information content (AvgIpc) is 2.62. The summed E-state index contributed by atoms with van der Waals surface area (Å²) >= 11 is 0. The van der Waals surface area contributed by atoms with Gasteiger partial charge in [-0.1, -0.05) is 42.8 Å². The van der Waals surface area contributed by atoms with Crippen molar-refractivity contribution in [2.75, 3.05) is 20.7 Å². The summed E-state index contributed by atoms with van der Waals surface area (Å²) in [5.74, 6) is 1.81. The predicted octanol–water partition coefficient (Wildman–Crippen LogP) is 2.87. The number of benzene rings is 1. The first-order chi connectivity index (χ1) is 11.6. The first-order valence-corrected chi connectivity index (χ1v) is 8.12. The van der Waals surface area contributed by atoms with Gasteiger partial charge in [0, 0.05) is 32.4 Å². The van der Waals surface area contributed by atoms with Crippen LogP contribution in [0.3, 0.4) is 0 Å². The lowest BCUT2D eigenvalue weighted by atomic mass is 9.99. The number of hydrogen-bond donors (Lipinski definition) is 2. The Morgan fingerprint density at radius 1 is 1.25 bits per heavy atom. The average molecular weight is 326 g/mol. The molecule has 1 unspecified atom stereocenters. The molecule has 128 valence electrons. The van der Waals surface area contributed by atoms with Crippen LogP contribution in [0.5, 0.6) is 5.88 Å². The number of nitrogens with one attached hydrogen (secondary N) is 2. The molecule has 5 nitrogen and oxygen atoms in total. The lowest BCUT2D eigenvalue weighted by Gasteiger charge is -2.17. The van der Waals surface area contributed by atoms with Crippen LogP contribution in [0.4, 0.5) is 0 Å². The van der Waals surface area contributed by atoms with Crippen LogP contribution in [-0.4, -0.2) is 31.6 Å². The van der Waals surface area contributed by atoms with Crippen molar-refractivity contribution in [2.45, 2.75) is 26.3 Å². The smallest absolute Gasteiger partial charge is 0.212 e. The molecule has 0 amide bonds. The number of aliphatic imine (C=N–C) groups is 1. The van der Waals surface area contributed by atoms with Crippen LogP contribution in [0.2, 0.25) is 0 Å². The fourth-order valence-electron chi connectivity index (χ4n) is 2.39. The van der Waals surface area contributed by atoms with E-state index >= 15 is 0 Å². The van der Waals surface area contributed by atoms with E-state index in [0.717, 1.165) is 18.1 Å². The molecule has 0 radical (unpaired) electrons. The van der Waals surface area contributed by atoms with Crippen LogP contribution >= 0.6 is 0 Å². The minimum atomic E-state index is 0.408. The maximum Gasteiger partial charge on any atom is 0.212 e. The Morgan fingerprint density at radius 3 is 2.71 bits per heavy atom. The number of hydrogen-bond acceptors (Lipinski definition) is 3. The van der Waals surface area contributed by atoms with Crippen molar-refractivity contribution in [3.63, 3.8) is 0 Å². The van der Waals surface area contributed by atoms with E-state index in [1.807, 2.05) is 12.1 Å². The highest BCUT2D eigenvalue weighted by molar-refractivity contribution is 5.79. The summed E-state index contributed by atoms with van der Waals surface area (Å²) in [7, 11) is 3.39. The molecule has 2 N–H and O–H groups in total. The van der Waals surface area contributed by atoms with Crippen molar-refractivity contribution >= 4 is 5.96 Å². The van der Waals surface area contributed by atoms with E-state index in [4.69, 9.17) is 4.74 Å². The van der Waals surface area contributed by atoms with Gasteiger partial charge in [0.05, 0.1) is 7.11 Å². The molecule has 1 atom stereocenters. The molecule has 0 fully saturated rings. The van der Waals surface area contributed by atoms with E-state index in [1.165, 1.54) is 11.1 Å². The number of aryl methyl sites for hydroxylation is 1. The summed E-state index contributed by atoms with van der Waals surface area (Å²) < 4.78 is 5.06. The lowest BCUT2D eigenvalue weighted by Crippen LogP contribution is -2.38. The molecule has 2 rings (SSSR count). The SMILES string of the molecule is CN=C(NCc1ccc(OC)nc1)NCC(C)c1cccc(C)c1. The number of aromatic nitrogens is 1. The maximum absolute atomic E-state index is 5.06. The van der Waals surface area contributed by atoms with Gasteiger partial charge in [0.2, 0.25) is 5.88 Å². The lowest BCUT2D eigenvalue weighted by molar-refractivity contribution is 0.397. The minimum absolute atomic E-state index is 0.408. The third-order valence-corrected chi connectivity index (χ3v) is 3.88. The van der Waals surface area contributed by atoms with Crippen LogP contribution in [-0.2, 0) is 6.54 Å². The summed E-state index contributed by atoms with van der Waals surface area (Å²) in [6, 6.07) is 12.5. The zero-order valence-electron chi connectivity index (χ0n) is 14.8. The van der Waals surface area contributed by atoms with Crippen molar-refractivity contribution in [3.8, 4) is 5.88 Å². The number of methoxy groups -OCH3 is 1. The van der Waals surface area contributed by atoms with E-state index in [9.17, 15) is 0 Å². The Morgan fingerprint density at radius 2 is 2.08 bits per heavy atom. The van der Waals surface area contributed by atoms with Crippen LogP contribution in [0.1, 0.15) is 29.5 Å². The fraction of sp³-hybridized carbons (Fsp3) is 0.368. The normalized spacial score (nSPS) is 12.6. The summed E-state index contributed by atoms with van der Waals surface area (Å²) in [5.41, 5.74) is 3.69. The topological polar surface area (TPSA) is 58.5 Å². The van der Waals surface area contributed by atoms with E-state index in [0.29, 0.717) is 18.3 Å². The molecule has 1 heterocycles. The van der Waals surface area contributed by atoms with E-state index in [-0.39, 0.29) is 0 Å². The second-order valence-corrected chi connectivity index (χ2v) is 5.83. The monoisotopic (exact) mass is 326 g/mol. The molecular formula is C19H26N4O. The summed E-state index contributed by atoms with van der Waals surface area (Å²) in [4.78, 5) is 8.47. The van der Waals surface area contributed by atoms with Gasteiger partial charge in [-0.25, -0.2) is 4.98 Å². The predicted molar refractivity (Wildman–Crippen MR) is 98.6 cm³/mol. The van der Waals surface area contributed by atoms with Crippen molar-refractivity contribution in [3.05, 3.63) is 59.3 Å². The second-order valence-electron chi connectivity index (χ2n) is 5.83. The Labute approximate surface area is 144 Å². The quantitative estimate of drug-likeness (QED) is 0.633. The van der Waals surface area contributed by atoms with Gasteiger partial charge in [0.25, 0.3) is 0 Å². The number of ether oxygens (including phenoxy) is 1. The number of rotatable bonds is 6. The van der Waals surface area contributed by atoms with E-state index in [2.05, 4.69) is 58.7 Å². The molecule has 24 heavy (non-hydrogen) atoms. The number of guanidine groups is 1. The molecule has 1 aromatic carbocycles. The summed E-state index contributed by atoms with van der Waals surface area (Å²) in [6.45, 7) is 5.81. The molecule has 0 aliphatic rings. The summed E-state index contributed by atoms with van der Waals surface area (Å²) in [6.07, 6.45) is 1.80. The number of nitrogens with zero attached hydrogens (tertiary/aromatic N) is 2.